The number of hydrogen-bond donors (Lipinski definition) is 1. The standard InChI is InChI=1S/C19H29N/c1-2-13-20-19-12-6-10-17(19)14-16-9-5-8-15-7-3-4-11-18(15)16/h3-4,7,11,16-17,19-20H,2,5-6,8-10,12-14H2,1H3. The molecule has 1 heteroatoms. The van der Waals surface area contributed by atoms with Gasteiger partial charge in [0.2, 0.25) is 0 Å². The van der Waals surface area contributed by atoms with Gasteiger partial charge in [0.15, 0.2) is 0 Å². The van der Waals surface area contributed by atoms with E-state index in [4.69, 9.17) is 0 Å². The smallest absolute Gasteiger partial charge is 0.00955 e. The molecule has 2 aliphatic carbocycles. The van der Waals surface area contributed by atoms with Crippen molar-refractivity contribution in [3.8, 4) is 0 Å². The Morgan fingerprint density at radius 1 is 1.10 bits per heavy atom. The van der Waals surface area contributed by atoms with Crippen LogP contribution in [-0.4, -0.2) is 12.6 Å². The summed E-state index contributed by atoms with van der Waals surface area (Å²) in [5, 5.41) is 3.79. The fraction of sp³-hybridized carbons (Fsp3) is 0.684. The molecule has 0 spiro atoms. The summed E-state index contributed by atoms with van der Waals surface area (Å²) < 4.78 is 0. The predicted molar refractivity (Wildman–Crippen MR) is 86.2 cm³/mol. The first-order valence-electron chi connectivity index (χ1n) is 8.69. The van der Waals surface area contributed by atoms with Gasteiger partial charge in [-0.3, -0.25) is 0 Å². The van der Waals surface area contributed by atoms with Gasteiger partial charge in [0.25, 0.3) is 0 Å². The van der Waals surface area contributed by atoms with Crippen molar-refractivity contribution < 1.29 is 0 Å². The highest BCUT2D eigenvalue weighted by molar-refractivity contribution is 5.32. The zero-order chi connectivity index (χ0) is 13.8. The minimum Gasteiger partial charge on any atom is -0.314 e. The molecule has 1 aromatic rings. The first kappa shape index (κ1) is 14.1. The molecule has 1 nitrogen and oxygen atoms in total. The molecule has 3 unspecified atom stereocenters. The summed E-state index contributed by atoms with van der Waals surface area (Å²) in [6.07, 6.45) is 11.1. The van der Waals surface area contributed by atoms with Crippen molar-refractivity contribution in [1.82, 2.24) is 5.32 Å². The van der Waals surface area contributed by atoms with Gasteiger partial charge >= 0.3 is 0 Å². The molecule has 1 aromatic carbocycles. The number of fused-ring (bicyclic) bond motifs is 1. The largest absolute Gasteiger partial charge is 0.314 e. The highest BCUT2D eigenvalue weighted by Crippen LogP contribution is 2.40. The van der Waals surface area contributed by atoms with Crippen LogP contribution in [0.25, 0.3) is 0 Å². The predicted octanol–water partition coefficient (Wildman–Crippen LogP) is 4.66. The molecule has 0 heterocycles. The van der Waals surface area contributed by atoms with E-state index in [1.807, 2.05) is 0 Å². The number of aryl methyl sites for hydroxylation is 1. The minimum atomic E-state index is 0.795. The Kier molecular flexibility index (Phi) is 4.77. The van der Waals surface area contributed by atoms with Crippen LogP contribution in [0.3, 0.4) is 0 Å². The lowest BCUT2D eigenvalue weighted by molar-refractivity contribution is 0.339. The average Bonchev–Trinajstić information content (AvgIpc) is 2.93. The lowest BCUT2D eigenvalue weighted by Crippen LogP contribution is -2.33. The fourth-order valence-electron chi connectivity index (χ4n) is 4.38. The van der Waals surface area contributed by atoms with Crippen molar-refractivity contribution in [3.05, 3.63) is 35.4 Å². The maximum atomic E-state index is 3.79. The van der Waals surface area contributed by atoms with E-state index in [-0.39, 0.29) is 0 Å². The molecule has 110 valence electrons. The van der Waals surface area contributed by atoms with Crippen molar-refractivity contribution in [1.29, 1.82) is 0 Å². The molecular weight excluding hydrogens is 242 g/mol. The highest BCUT2D eigenvalue weighted by atomic mass is 14.9. The van der Waals surface area contributed by atoms with Crippen molar-refractivity contribution >= 4 is 0 Å². The third-order valence-corrected chi connectivity index (χ3v) is 5.40. The lowest BCUT2D eigenvalue weighted by atomic mass is 9.77. The SMILES string of the molecule is CCCNC1CCCC1CC1CCCc2ccccc21. The lowest BCUT2D eigenvalue weighted by Gasteiger charge is -2.30. The van der Waals surface area contributed by atoms with Crippen LogP contribution in [0.4, 0.5) is 0 Å². The maximum absolute atomic E-state index is 3.79. The molecule has 1 saturated carbocycles. The third-order valence-electron chi connectivity index (χ3n) is 5.40. The molecule has 3 atom stereocenters. The first-order valence-corrected chi connectivity index (χ1v) is 8.69. The molecule has 0 radical (unpaired) electrons. The summed E-state index contributed by atoms with van der Waals surface area (Å²) in [7, 11) is 0. The summed E-state index contributed by atoms with van der Waals surface area (Å²) in [4.78, 5) is 0. The Labute approximate surface area is 124 Å². The Bertz CT molecular complexity index is 426. The second-order valence-electron chi connectivity index (χ2n) is 6.78. The molecule has 20 heavy (non-hydrogen) atoms. The van der Waals surface area contributed by atoms with Gasteiger partial charge in [-0.2, -0.15) is 0 Å². The van der Waals surface area contributed by atoms with E-state index >= 15 is 0 Å². The Hall–Kier alpha value is -0.820. The van der Waals surface area contributed by atoms with Gasteiger partial charge in [-0.15, -0.1) is 0 Å². The van der Waals surface area contributed by atoms with E-state index < -0.39 is 0 Å². The Morgan fingerprint density at radius 2 is 2.00 bits per heavy atom. The normalized spacial score (nSPS) is 29.4. The number of nitrogens with one attached hydrogen (secondary N) is 1. The monoisotopic (exact) mass is 271 g/mol. The van der Waals surface area contributed by atoms with Crippen LogP contribution in [0.2, 0.25) is 0 Å². The van der Waals surface area contributed by atoms with Crippen LogP contribution in [0.5, 0.6) is 0 Å². The summed E-state index contributed by atoms with van der Waals surface area (Å²) in [5.41, 5.74) is 3.29. The Morgan fingerprint density at radius 3 is 2.90 bits per heavy atom. The first-order chi connectivity index (χ1) is 9.88. The summed E-state index contributed by atoms with van der Waals surface area (Å²) >= 11 is 0. The molecule has 0 saturated heterocycles. The van der Waals surface area contributed by atoms with Crippen molar-refractivity contribution in [3.63, 3.8) is 0 Å². The number of rotatable bonds is 5. The van der Waals surface area contributed by atoms with Crippen LogP contribution in [0.1, 0.15) is 68.9 Å². The molecule has 0 aliphatic heterocycles. The van der Waals surface area contributed by atoms with E-state index in [2.05, 4.69) is 36.5 Å². The topological polar surface area (TPSA) is 12.0 Å². The molecule has 0 bridgehead atoms. The van der Waals surface area contributed by atoms with E-state index in [1.54, 1.807) is 11.1 Å². The van der Waals surface area contributed by atoms with Crippen LogP contribution in [0.15, 0.2) is 24.3 Å². The molecular formula is C19H29N. The molecule has 0 aromatic heterocycles. The fourth-order valence-corrected chi connectivity index (χ4v) is 4.38. The third kappa shape index (κ3) is 3.09. The quantitative estimate of drug-likeness (QED) is 0.821. The van der Waals surface area contributed by atoms with E-state index in [1.165, 1.54) is 57.9 Å². The summed E-state index contributed by atoms with van der Waals surface area (Å²) in [6, 6.07) is 9.98. The zero-order valence-corrected chi connectivity index (χ0v) is 12.9. The van der Waals surface area contributed by atoms with Gasteiger partial charge < -0.3 is 5.32 Å². The summed E-state index contributed by atoms with van der Waals surface area (Å²) in [6.45, 7) is 3.47. The van der Waals surface area contributed by atoms with Crippen LogP contribution in [-0.2, 0) is 6.42 Å². The molecule has 1 N–H and O–H groups in total. The zero-order valence-electron chi connectivity index (χ0n) is 12.9. The average molecular weight is 271 g/mol. The van der Waals surface area contributed by atoms with Crippen LogP contribution < -0.4 is 5.32 Å². The summed E-state index contributed by atoms with van der Waals surface area (Å²) in [5.74, 6) is 1.74. The van der Waals surface area contributed by atoms with Crippen molar-refractivity contribution in [2.24, 2.45) is 5.92 Å². The van der Waals surface area contributed by atoms with Gasteiger partial charge in [-0.05, 0) is 74.5 Å². The molecule has 0 amide bonds. The number of hydrogen-bond acceptors (Lipinski definition) is 1. The molecule has 2 aliphatic rings. The van der Waals surface area contributed by atoms with Crippen LogP contribution >= 0.6 is 0 Å². The van der Waals surface area contributed by atoms with Crippen molar-refractivity contribution in [2.45, 2.75) is 70.3 Å². The van der Waals surface area contributed by atoms with Crippen LogP contribution in [0, 0.1) is 5.92 Å². The molecule has 3 rings (SSSR count). The van der Waals surface area contributed by atoms with Gasteiger partial charge in [-0.1, -0.05) is 37.6 Å². The van der Waals surface area contributed by atoms with Gasteiger partial charge in [-0.25, -0.2) is 0 Å². The minimum absolute atomic E-state index is 0.795. The van der Waals surface area contributed by atoms with E-state index in [0.717, 1.165) is 17.9 Å². The number of benzene rings is 1. The van der Waals surface area contributed by atoms with Crippen molar-refractivity contribution in [2.75, 3.05) is 6.54 Å². The second kappa shape index (κ2) is 6.76. The van der Waals surface area contributed by atoms with E-state index in [0.29, 0.717) is 0 Å². The Balaban J connectivity index is 1.66. The van der Waals surface area contributed by atoms with E-state index in [9.17, 15) is 0 Å². The maximum Gasteiger partial charge on any atom is 0.00955 e. The highest BCUT2D eigenvalue weighted by Gasteiger charge is 2.30. The molecule has 1 fully saturated rings. The van der Waals surface area contributed by atoms with Gasteiger partial charge in [0.1, 0.15) is 0 Å². The van der Waals surface area contributed by atoms with Gasteiger partial charge in [0, 0.05) is 6.04 Å². The second-order valence-corrected chi connectivity index (χ2v) is 6.78. The van der Waals surface area contributed by atoms with Gasteiger partial charge in [0.05, 0.1) is 0 Å².